The van der Waals surface area contributed by atoms with E-state index in [9.17, 15) is 0 Å². The average Bonchev–Trinajstić information content (AvgIpc) is 3.31. The second kappa shape index (κ2) is 6.76. The molecule has 21 heavy (non-hydrogen) atoms. The van der Waals surface area contributed by atoms with E-state index in [2.05, 4.69) is 76.7 Å². The molecule has 1 fully saturated rings. The van der Waals surface area contributed by atoms with Crippen LogP contribution >= 0.6 is 15.9 Å². The van der Waals surface area contributed by atoms with E-state index in [4.69, 9.17) is 0 Å². The molecule has 110 valence electrons. The predicted octanol–water partition coefficient (Wildman–Crippen LogP) is 4.84. The Morgan fingerprint density at radius 1 is 1.05 bits per heavy atom. The molecule has 1 atom stereocenters. The van der Waals surface area contributed by atoms with Gasteiger partial charge in [-0.25, -0.2) is 0 Å². The average molecular weight is 344 g/mol. The minimum atomic E-state index is 0.548. The Labute approximate surface area is 135 Å². The van der Waals surface area contributed by atoms with Gasteiger partial charge in [0, 0.05) is 23.0 Å². The van der Waals surface area contributed by atoms with Crippen LogP contribution in [0.15, 0.2) is 53.0 Å². The monoisotopic (exact) mass is 343 g/mol. The molecule has 2 aromatic carbocycles. The van der Waals surface area contributed by atoms with E-state index in [0.717, 1.165) is 23.5 Å². The summed E-state index contributed by atoms with van der Waals surface area (Å²) in [4.78, 5) is 0. The molecule has 0 aromatic heterocycles. The quantitative estimate of drug-likeness (QED) is 0.791. The lowest BCUT2D eigenvalue weighted by molar-refractivity contribution is 0.577. The summed E-state index contributed by atoms with van der Waals surface area (Å²) in [5, 5.41) is 3.69. The van der Waals surface area contributed by atoms with Crippen molar-refractivity contribution in [1.82, 2.24) is 5.32 Å². The number of benzene rings is 2. The van der Waals surface area contributed by atoms with E-state index in [1.54, 1.807) is 0 Å². The highest BCUT2D eigenvalue weighted by atomic mass is 79.9. The zero-order chi connectivity index (χ0) is 14.7. The van der Waals surface area contributed by atoms with Crippen molar-refractivity contribution in [2.24, 2.45) is 0 Å². The van der Waals surface area contributed by atoms with Crippen molar-refractivity contribution in [2.75, 3.05) is 6.54 Å². The molecular formula is C19H22BrN. The highest BCUT2D eigenvalue weighted by molar-refractivity contribution is 9.10. The molecule has 2 heteroatoms. The van der Waals surface area contributed by atoms with Crippen LogP contribution in [0.1, 0.15) is 35.4 Å². The molecule has 0 aliphatic heterocycles. The van der Waals surface area contributed by atoms with Crippen molar-refractivity contribution in [3.05, 3.63) is 69.7 Å². The van der Waals surface area contributed by atoms with Crippen molar-refractivity contribution < 1.29 is 0 Å². The Morgan fingerprint density at radius 3 is 2.33 bits per heavy atom. The fourth-order valence-corrected chi connectivity index (χ4v) is 2.91. The fraction of sp³-hybridized carbons (Fsp3) is 0.368. The lowest BCUT2D eigenvalue weighted by Gasteiger charge is -2.19. The van der Waals surface area contributed by atoms with E-state index >= 15 is 0 Å². The summed E-state index contributed by atoms with van der Waals surface area (Å²) in [6, 6.07) is 18.5. The van der Waals surface area contributed by atoms with E-state index in [1.807, 2.05) is 0 Å². The molecule has 1 aliphatic carbocycles. The SMILES string of the molecule is Cc1ccc(C(CNC2CC2)Cc2ccc(Br)cc2)cc1. The van der Waals surface area contributed by atoms with E-state index in [-0.39, 0.29) is 0 Å². The first-order valence-corrected chi connectivity index (χ1v) is 8.54. The van der Waals surface area contributed by atoms with E-state index < -0.39 is 0 Å². The third-order valence-electron chi connectivity index (χ3n) is 4.17. The molecule has 1 N–H and O–H groups in total. The Kier molecular flexibility index (Phi) is 4.77. The van der Waals surface area contributed by atoms with Crippen LogP contribution in [0.25, 0.3) is 0 Å². The Balaban J connectivity index is 1.73. The summed E-state index contributed by atoms with van der Waals surface area (Å²) >= 11 is 3.51. The second-order valence-electron chi connectivity index (χ2n) is 6.12. The highest BCUT2D eigenvalue weighted by Crippen LogP contribution is 2.25. The third kappa shape index (κ3) is 4.42. The van der Waals surface area contributed by atoms with Gasteiger partial charge in [-0.3, -0.25) is 0 Å². The first-order chi connectivity index (χ1) is 10.2. The maximum absolute atomic E-state index is 3.69. The van der Waals surface area contributed by atoms with Crippen LogP contribution in [0.3, 0.4) is 0 Å². The van der Waals surface area contributed by atoms with E-state index in [0.29, 0.717) is 5.92 Å². The molecule has 1 saturated carbocycles. The Morgan fingerprint density at radius 2 is 1.71 bits per heavy atom. The molecule has 3 rings (SSSR count). The molecule has 0 bridgehead atoms. The van der Waals surface area contributed by atoms with Gasteiger partial charge in [-0.15, -0.1) is 0 Å². The van der Waals surface area contributed by atoms with Crippen molar-refractivity contribution in [1.29, 1.82) is 0 Å². The second-order valence-corrected chi connectivity index (χ2v) is 7.04. The lowest BCUT2D eigenvalue weighted by atomic mass is 9.91. The van der Waals surface area contributed by atoms with Gasteiger partial charge in [0.1, 0.15) is 0 Å². The van der Waals surface area contributed by atoms with Crippen LogP contribution in [0, 0.1) is 6.92 Å². The highest BCUT2D eigenvalue weighted by Gasteiger charge is 2.22. The molecule has 0 amide bonds. The van der Waals surface area contributed by atoms with Crippen LogP contribution in [-0.2, 0) is 6.42 Å². The molecule has 0 spiro atoms. The van der Waals surface area contributed by atoms with Gasteiger partial charge in [0.2, 0.25) is 0 Å². The summed E-state index contributed by atoms with van der Waals surface area (Å²) in [7, 11) is 0. The van der Waals surface area contributed by atoms with Crippen LogP contribution in [0.2, 0.25) is 0 Å². The van der Waals surface area contributed by atoms with Crippen LogP contribution in [0.4, 0.5) is 0 Å². The summed E-state index contributed by atoms with van der Waals surface area (Å²) in [6.45, 7) is 3.22. The summed E-state index contributed by atoms with van der Waals surface area (Å²) < 4.78 is 1.15. The molecule has 0 heterocycles. The maximum atomic E-state index is 3.69. The van der Waals surface area contributed by atoms with Gasteiger partial charge in [0.05, 0.1) is 0 Å². The maximum Gasteiger partial charge on any atom is 0.0175 e. The normalized spacial score (nSPS) is 15.9. The number of rotatable bonds is 6. The van der Waals surface area contributed by atoms with Gasteiger partial charge in [-0.05, 0) is 49.4 Å². The molecule has 0 radical (unpaired) electrons. The van der Waals surface area contributed by atoms with Gasteiger partial charge in [-0.2, -0.15) is 0 Å². The molecule has 2 aromatic rings. The number of halogens is 1. The third-order valence-corrected chi connectivity index (χ3v) is 4.70. The number of aryl methyl sites for hydroxylation is 1. The van der Waals surface area contributed by atoms with Gasteiger partial charge < -0.3 is 5.32 Å². The van der Waals surface area contributed by atoms with Gasteiger partial charge >= 0.3 is 0 Å². The summed E-state index contributed by atoms with van der Waals surface area (Å²) in [5.74, 6) is 0.548. The standard InChI is InChI=1S/C19H22BrN/c1-14-2-6-16(7-3-14)17(13-21-19-10-11-19)12-15-4-8-18(20)9-5-15/h2-9,17,19,21H,10-13H2,1H3. The molecule has 0 saturated heterocycles. The van der Waals surface area contributed by atoms with Crippen LogP contribution in [0.5, 0.6) is 0 Å². The van der Waals surface area contributed by atoms with Gasteiger partial charge in [0.15, 0.2) is 0 Å². The zero-order valence-corrected chi connectivity index (χ0v) is 14.1. The number of nitrogens with one attached hydrogen (secondary N) is 1. The van der Waals surface area contributed by atoms with Crippen molar-refractivity contribution in [3.63, 3.8) is 0 Å². The Hall–Kier alpha value is -1.12. The largest absolute Gasteiger partial charge is 0.313 e. The minimum absolute atomic E-state index is 0.548. The minimum Gasteiger partial charge on any atom is -0.313 e. The lowest BCUT2D eigenvalue weighted by Crippen LogP contribution is -2.24. The fourth-order valence-electron chi connectivity index (χ4n) is 2.65. The number of hydrogen-bond donors (Lipinski definition) is 1. The molecular weight excluding hydrogens is 322 g/mol. The molecule has 1 unspecified atom stereocenters. The molecule has 1 aliphatic rings. The van der Waals surface area contributed by atoms with Crippen molar-refractivity contribution in [3.8, 4) is 0 Å². The van der Waals surface area contributed by atoms with Crippen molar-refractivity contribution in [2.45, 2.75) is 38.1 Å². The van der Waals surface area contributed by atoms with Crippen LogP contribution < -0.4 is 5.32 Å². The van der Waals surface area contributed by atoms with Gasteiger partial charge in [0.25, 0.3) is 0 Å². The topological polar surface area (TPSA) is 12.0 Å². The molecule has 1 nitrogen and oxygen atoms in total. The van der Waals surface area contributed by atoms with E-state index in [1.165, 1.54) is 29.5 Å². The Bertz CT molecular complexity index is 570. The first-order valence-electron chi connectivity index (χ1n) is 7.75. The summed E-state index contributed by atoms with van der Waals surface area (Å²) in [5.41, 5.74) is 4.18. The summed E-state index contributed by atoms with van der Waals surface area (Å²) in [6.07, 6.45) is 3.79. The number of hydrogen-bond acceptors (Lipinski definition) is 1. The predicted molar refractivity (Wildman–Crippen MR) is 92.8 cm³/mol. The van der Waals surface area contributed by atoms with Crippen LogP contribution in [-0.4, -0.2) is 12.6 Å². The smallest absolute Gasteiger partial charge is 0.0175 e. The first kappa shape index (κ1) is 14.8. The zero-order valence-electron chi connectivity index (χ0n) is 12.5. The van der Waals surface area contributed by atoms with Gasteiger partial charge in [-0.1, -0.05) is 57.9 Å². The van der Waals surface area contributed by atoms with Crippen molar-refractivity contribution >= 4 is 15.9 Å².